The Labute approximate surface area is 159 Å². The van der Waals surface area contributed by atoms with Crippen LogP contribution in [0.2, 0.25) is 0 Å². The fourth-order valence-electron chi connectivity index (χ4n) is 2.88. The topological polar surface area (TPSA) is 81.2 Å². The third-order valence-corrected chi connectivity index (χ3v) is 6.25. The zero-order valence-electron chi connectivity index (χ0n) is 15.0. The highest BCUT2D eigenvalue weighted by molar-refractivity contribution is 7.20. The molecule has 1 amide bonds. The predicted molar refractivity (Wildman–Crippen MR) is 103 cm³/mol. The number of aromatic nitrogens is 2. The fraction of sp³-hybridized carbons (Fsp3) is 0.333. The summed E-state index contributed by atoms with van der Waals surface area (Å²) in [6, 6.07) is 3.37. The van der Waals surface area contributed by atoms with Crippen LogP contribution in [0.25, 0.3) is 10.2 Å². The average Bonchev–Trinajstić information content (AvgIpc) is 3.22. The average molecular weight is 390 g/mol. The smallest absolute Gasteiger partial charge is 0.307 e. The highest BCUT2D eigenvalue weighted by atomic mass is 32.1. The zero-order chi connectivity index (χ0) is 18.8. The number of ether oxygens (including phenoxy) is 1. The highest BCUT2D eigenvalue weighted by Gasteiger charge is 2.24. The van der Waals surface area contributed by atoms with Gasteiger partial charge in [-0.2, -0.15) is 0 Å². The van der Waals surface area contributed by atoms with Crippen LogP contribution in [0.15, 0.2) is 17.5 Å². The maximum atomic E-state index is 12.9. The molecule has 3 aromatic heterocycles. The van der Waals surface area contributed by atoms with Crippen molar-refractivity contribution in [2.24, 2.45) is 0 Å². The van der Waals surface area contributed by atoms with Gasteiger partial charge in [0.2, 0.25) is 0 Å². The van der Waals surface area contributed by atoms with Gasteiger partial charge in [-0.25, -0.2) is 9.97 Å². The highest BCUT2D eigenvalue weighted by Crippen LogP contribution is 2.32. The predicted octanol–water partition coefficient (Wildman–Crippen LogP) is 3.71. The summed E-state index contributed by atoms with van der Waals surface area (Å²) < 4.78 is 4.77. The van der Waals surface area contributed by atoms with Gasteiger partial charge in [0, 0.05) is 16.0 Å². The summed E-state index contributed by atoms with van der Waals surface area (Å²) in [5, 5.41) is 5.81. The molecule has 0 aliphatic rings. The molecule has 1 N–H and O–H groups in total. The minimum Gasteiger partial charge on any atom is -0.469 e. The lowest BCUT2D eigenvalue weighted by Crippen LogP contribution is -2.29. The molecule has 8 heteroatoms. The summed E-state index contributed by atoms with van der Waals surface area (Å²) in [6.07, 6.45) is 0.0879. The first-order chi connectivity index (χ1) is 12.4. The first kappa shape index (κ1) is 18.5. The number of carbonyl (C=O) groups is 2. The number of hydrogen-bond acceptors (Lipinski definition) is 7. The summed E-state index contributed by atoms with van der Waals surface area (Å²) in [6.45, 7) is 5.66. The molecule has 0 saturated carbocycles. The van der Waals surface area contributed by atoms with E-state index in [1.165, 1.54) is 29.8 Å². The molecular weight excluding hydrogens is 370 g/mol. The first-order valence-electron chi connectivity index (χ1n) is 8.06. The van der Waals surface area contributed by atoms with Crippen molar-refractivity contribution < 1.29 is 14.3 Å². The van der Waals surface area contributed by atoms with Gasteiger partial charge in [-0.1, -0.05) is 6.07 Å². The molecule has 0 bridgehead atoms. The lowest BCUT2D eigenvalue weighted by Gasteiger charge is -2.16. The largest absolute Gasteiger partial charge is 0.469 e. The number of hydrogen-bond donors (Lipinski definition) is 1. The number of nitrogens with zero attached hydrogens (tertiary/aromatic N) is 2. The standard InChI is InChI=1S/C18H19N3O3S2/c1-9-15-10(2)19-11(3)20-18(15)26-16(9)17(23)21-12(8-14(22)24-4)13-6-5-7-25-13/h5-7,12H,8H2,1-4H3,(H,21,23). The number of carbonyl (C=O) groups excluding carboxylic acids is 2. The lowest BCUT2D eigenvalue weighted by atomic mass is 10.1. The summed E-state index contributed by atoms with van der Waals surface area (Å²) in [4.78, 5) is 35.8. The third kappa shape index (κ3) is 3.61. The van der Waals surface area contributed by atoms with Gasteiger partial charge in [-0.15, -0.1) is 22.7 Å². The molecule has 0 spiro atoms. The summed E-state index contributed by atoms with van der Waals surface area (Å²) in [5.41, 5.74) is 1.73. The zero-order valence-corrected chi connectivity index (χ0v) is 16.6. The molecule has 26 heavy (non-hydrogen) atoms. The molecule has 0 fully saturated rings. The number of amides is 1. The molecule has 1 unspecified atom stereocenters. The van der Waals surface area contributed by atoms with E-state index < -0.39 is 6.04 Å². The van der Waals surface area contributed by atoms with Crippen LogP contribution >= 0.6 is 22.7 Å². The minimum absolute atomic E-state index is 0.0879. The Hall–Kier alpha value is -2.32. The summed E-state index contributed by atoms with van der Waals surface area (Å²) in [7, 11) is 1.34. The van der Waals surface area contributed by atoms with Crippen LogP contribution in [-0.4, -0.2) is 29.0 Å². The molecular formula is C18H19N3O3S2. The maximum absolute atomic E-state index is 12.9. The maximum Gasteiger partial charge on any atom is 0.307 e. The van der Waals surface area contributed by atoms with Crippen molar-refractivity contribution in [2.75, 3.05) is 7.11 Å². The van der Waals surface area contributed by atoms with E-state index in [2.05, 4.69) is 15.3 Å². The van der Waals surface area contributed by atoms with Crippen molar-refractivity contribution in [3.63, 3.8) is 0 Å². The number of esters is 1. The first-order valence-corrected chi connectivity index (χ1v) is 9.75. The second kappa shape index (κ2) is 7.51. The van der Waals surface area contributed by atoms with Crippen molar-refractivity contribution >= 4 is 44.8 Å². The third-order valence-electron chi connectivity index (χ3n) is 4.08. The van der Waals surface area contributed by atoms with E-state index in [1.54, 1.807) is 0 Å². The van der Waals surface area contributed by atoms with E-state index in [0.717, 1.165) is 26.4 Å². The summed E-state index contributed by atoms with van der Waals surface area (Å²) in [5.74, 6) is 0.101. The summed E-state index contributed by atoms with van der Waals surface area (Å²) >= 11 is 2.84. The molecule has 0 saturated heterocycles. The Morgan fingerprint density at radius 3 is 2.69 bits per heavy atom. The molecule has 0 aromatic carbocycles. The molecule has 3 heterocycles. The lowest BCUT2D eigenvalue weighted by molar-refractivity contribution is -0.141. The molecule has 136 valence electrons. The Bertz CT molecular complexity index is 964. The number of aryl methyl sites for hydroxylation is 3. The van der Waals surface area contributed by atoms with Crippen molar-refractivity contribution in [2.45, 2.75) is 33.2 Å². The quantitative estimate of drug-likeness (QED) is 0.673. The second-order valence-corrected chi connectivity index (χ2v) is 7.89. The molecule has 0 radical (unpaired) electrons. The van der Waals surface area contributed by atoms with Crippen LogP contribution < -0.4 is 5.32 Å². The van der Waals surface area contributed by atoms with Gasteiger partial charge in [0.15, 0.2) is 0 Å². The van der Waals surface area contributed by atoms with Crippen molar-refractivity contribution in [1.29, 1.82) is 0 Å². The van der Waals surface area contributed by atoms with Crippen LogP contribution in [-0.2, 0) is 9.53 Å². The van der Waals surface area contributed by atoms with E-state index in [4.69, 9.17) is 4.74 Å². The van der Waals surface area contributed by atoms with E-state index in [0.29, 0.717) is 10.7 Å². The van der Waals surface area contributed by atoms with E-state index in [-0.39, 0.29) is 18.3 Å². The SMILES string of the molecule is COC(=O)CC(NC(=O)c1sc2nc(C)nc(C)c2c1C)c1cccs1. The Kier molecular flexibility index (Phi) is 5.33. The Morgan fingerprint density at radius 1 is 1.27 bits per heavy atom. The van der Waals surface area contributed by atoms with Crippen molar-refractivity contribution in [1.82, 2.24) is 15.3 Å². The minimum atomic E-state index is -0.423. The van der Waals surface area contributed by atoms with Gasteiger partial charge in [0.25, 0.3) is 5.91 Å². The molecule has 1 atom stereocenters. The van der Waals surface area contributed by atoms with E-state index in [1.807, 2.05) is 38.3 Å². The number of fused-ring (bicyclic) bond motifs is 1. The van der Waals surface area contributed by atoms with Crippen LogP contribution in [0.1, 0.15) is 44.1 Å². The van der Waals surface area contributed by atoms with Gasteiger partial charge in [-0.05, 0) is 37.8 Å². The molecule has 6 nitrogen and oxygen atoms in total. The molecule has 0 aliphatic carbocycles. The fourth-order valence-corrected chi connectivity index (χ4v) is 4.83. The van der Waals surface area contributed by atoms with Crippen LogP contribution in [0.5, 0.6) is 0 Å². The van der Waals surface area contributed by atoms with Crippen LogP contribution in [0.3, 0.4) is 0 Å². The normalized spacial score (nSPS) is 12.2. The van der Waals surface area contributed by atoms with Gasteiger partial charge in [0.1, 0.15) is 10.7 Å². The van der Waals surface area contributed by atoms with Crippen molar-refractivity contribution in [3.8, 4) is 0 Å². The van der Waals surface area contributed by atoms with E-state index >= 15 is 0 Å². The van der Waals surface area contributed by atoms with E-state index in [9.17, 15) is 9.59 Å². The van der Waals surface area contributed by atoms with Crippen LogP contribution in [0, 0.1) is 20.8 Å². The Balaban J connectivity index is 1.92. The van der Waals surface area contributed by atoms with Crippen molar-refractivity contribution in [3.05, 3.63) is 44.3 Å². The monoisotopic (exact) mass is 389 g/mol. The molecule has 3 aromatic rings. The number of thiophene rings is 2. The number of rotatable bonds is 5. The van der Waals surface area contributed by atoms with Crippen LogP contribution in [0.4, 0.5) is 0 Å². The number of nitrogens with one attached hydrogen (secondary N) is 1. The second-order valence-electron chi connectivity index (χ2n) is 5.91. The number of methoxy groups -OCH3 is 1. The Morgan fingerprint density at radius 2 is 2.04 bits per heavy atom. The van der Waals surface area contributed by atoms with Gasteiger partial charge < -0.3 is 10.1 Å². The molecule has 0 aliphatic heterocycles. The van der Waals surface area contributed by atoms with Gasteiger partial charge >= 0.3 is 5.97 Å². The van der Waals surface area contributed by atoms with Gasteiger partial charge in [0.05, 0.1) is 24.4 Å². The van der Waals surface area contributed by atoms with Gasteiger partial charge in [-0.3, -0.25) is 9.59 Å². The molecule has 3 rings (SSSR count).